The first-order chi connectivity index (χ1) is 23.7. The Morgan fingerprint density at radius 3 is 1.50 bits per heavy atom. The predicted molar refractivity (Wildman–Crippen MR) is 203 cm³/mol. The largest absolute Gasteiger partial charge is 0.236 e. The molecule has 0 unspecified atom stereocenters. The molecular formula is C46H32N2. The molecule has 8 aromatic carbocycles. The molecule has 226 valence electrons. The van der Waals surface area contributed by atoms with E-state index in [1.165, 1.54) is 70.9 Å². The predicted octanol–water partition coefficient (Wildman–Crippen LogP) is 12.3. The van der Waals surface area contributed by atoms with Crippen LogP contribution in [0.2, 0.25) is 0 Å². The van der Waals surface area contributed by atoms with E-state index in [9.17, 15) is 0 Å². The summed E-state index contributed by atoms with van der Waals surface area (Å²) >= 11 is 0. The van der Waals surface area contributed by atoms with E-state index in [0.717, 1.165) is 28.9 Å². The van der Waals surface area contributed by atoms with Crippen LogP contribution in [0.1, 0.15) is 12.5 Å². The third kappa shape index (κ3) is 4.82. The fraction of sp³-hybridized carbons (Fsp3) is 0.0435. The summed E-state index contributed by atoms with van der Waals surface area (Å²) in [5, 5.41) is 9.96. The first kappa shape index (κ1) is 28.1. The van der Waals surface area contributed by atoms with Crippen LogP contribution in [-0.2, 0) is 6.42 Å². The van der Waals surface area contributed by atoms with Crippen LogP contribution < -0.4 is 0 Å². The molecule has 1 aromatic heterocycles. The topological polar surface area (TPSA) is 25.8 Å². The number of nitrogens with zero attached hydrogens (tertiary/aromatic N) is 2. The molecule has 0 aliphatic heterocycles. The summed E-state index contributed by atoms with van der Waals surface area (Å²) in [6, 6.07) is 55.1. The van der Waals surface area contributed by atoms with Crippen LogP contribution in [0.4, 0.5) is 0 Å². The van der Waals surface area contributed by atoms with Gasteiger partial charge in [-0.25, -0.2) is 9.97 Å². The molecule has 48 heavy (non-hydrogen) atoms. The molecule has 2 heteroatoms. The van der Waals surface area contributed by atoms with Crippen molar-refractivity contribution in [2.45, 2.75) is 13.3 Å². The second-order valence-corrected chi connectivity index (χ2v) is 12.5. The van der Waals surface area contributed by atoms with Crippen LogP contribution in [-0.4, -0.2) is 9.97 Å². The lowest BCUT2D eigenvalue weighted by atomic mass is 9.83. The maximum atomic E-state index is 4.77. The number of fused-ring (bicyclic) bond motifs is 4. The van der Waals surface area contributed by atoms with Gasteiger partial charge < -0.3 is 0 Å². The number of aryl methyl sites for hydroxylation is 1. The van der Waals surface area contributed by atoms with Crippen molar-refractivity contribution in [2.24, 2.45) is 0 Å². The van der Waals surface area contributed by atoms with Crippen LogP contribution in [0.5, 0.6) is 0 Å². The van der Waals surface area contributed by atoms with Crippen molar-refractivity contribution in [3.63, 3.8) is 0 Å². The molecule has 2 nitrogen and oxygen atoms in total. The van der Waals surface area contributed by atoms with Gasteiger partial charge in [-0.05, 0) is 101 Å². The Morgan fingerprint density at radius 2 is 0.896 bits per heavy atom. The molecule has 0 aliphatic rings. The van der Waals surface area contributed by atoms with Gasteiger partial charge in [0, 0.05) is 23.5 Å². The number of rotatable bonds is 5. The van der Waals surface area contributed by atoms with Crippen LogP contribution in [0.15, 0.2) is 164 Å². The Bertz CT molecular complexity index is 2640. The summed E-state index contributed by atoms with van der Waals surface area (Å²) in [5.74, 6) is 0.730. The van der Waals surface area contributed by atoms with Crippen molar-refractivity contribution < 1.29 is 0 Å². The third-order valence-corrected chi connectivity index (χ3v) is 9.68. The molecule has 0 radical (unpaired) electrons. The minimum absolute atomic E-state index is 0.730. The molecule has 0 amide bonds. The second-order valence-electron chi connectivity index (χ2n) is 12.5. The first-order valence-electron chi connectivity index (χ1n) is 16.6. The van der Waals surface area contributed by atoms with Gasteiger partial charge in [0.25, 0.3) is 0 Å². The lowest BCUT2D eigenvalue weighted by Gasteiger charge is -2.20. The maximum absolute atomic E-state index is 4.77. The summed E-state index contributed by atoms with van der Waals surface area (Å²) in [5.41, 5.74) is 9.40. The molecule has 9 aromatic rings. The van der Waals surface area contributed by atoms with Gasteiger partial charge in [-0.3, -0.25) is 0 Å². The Balaban J connectivity index is 1.35. The average Bonchev–Trinajstić information content (AvgIpc) is 3.16. The van der Waals surface area contributed by atoms with Crippen LogP contribution >= 0.6 is 0 Å². The standard InChI is InChI=1S/C46H32N2/c1-2-30-16-22-40-42(24-30)44(37-19-17-31-10-6-8-14-34(31)25-37)41-23-21-36(39-28-47-46(48-29-39)33-12-4-3-5-13-33)27-43(41)45(40)38-20-18-32-11-7-9-15-35(32)26-38/h3-29H,2H2,1H3. The summed E-state index contributed by atoms with van der Waals surface area (Å²) < 4.78 is 0. The lowest BCUT2D eigenvalue weighted by molar-refractivity contribution is 1.15. The van der Waals surface area contributed by atoms with Gasteiger partial charge in [0.15, 0.2) is 5.82 Å². The zero-order valence-corrected chi connectivity index (χ0v) is 26.7. The number of hydrogen-bond acceptors (Lipinski definition) is 2. The van der Waals surface area contributed by atoms with Gasteiger partial charge in [-0.1, -0.05) is 140 Å². The number of aromatic nitrogens is 2. The monoisotopic (exact) mass is 612 g/mol. The van der Waals surface area contributed by atoms with Gasteiger partial charge >= 0.3 is 0 Å². The molecule has 0 saturated carbocycles. The van der Waals surface area contributed by atoms with E-state index in [2.05, 4.69) is 128 Å². The fourth-order valence-corrected chi connectivity index (χ4v) is 7.20. The van der Waals surface area contributed by atoms with Crippen LogP contribution in [0, 0.1) is 0 Å². The molecule has 0 fully saturated rings. The van der Waals surface area contributed by atoms with E-state index in [4.69, 9.17) is 9.97 Å². The van der Waals surface area contributed by atoms with E-state index < -0.39 is 0 Å². The van der Waals surface area contributed by atoms with Gasteiger partial charge in [-0.2, -0.15) is 0 Å². The lowest BCUT2D eigenvalue weighted by Crippen LogP contribution is -1.94. The van der Waals surface area contributed by atoms with Gasteiger partial charge in [0.05, 0.1) is 0 Å². The molecule has 0 atom stereocenters. The van der Waals surface area contributed by atoms with E-state index in [0.29, 0.717) is 0 Å². The SMILES string of the molecule is CCc1ccc2c(-c3ccc4ccccc4c3)c3cc(-c4cnc(-c5ccccc5)nc4)ccc3c(-c3ccc4ccccc4c3)c2c1. The Morgan fingerprint density at radius 1 is 0.375 bits per heavy atom. The minimum Gasteiger partial charge on any atom is -0.236 e. The van der Waals surface area contributed by atoms with E-state index >= 15 is 0 Å². The molecule has 0 saturated heterocycles. The Hall–Kier alpha value is -6.12. The Kier molecular flexibility index (Phi) is 6.80. The minimum atomic E-state index is 0.730. The first-order valence-corrected chi connectivity index (χ1v) is 16.6. The van der Waals surface area contributed by atoms with Crippen molar-refractivity contribution in [3.8, 4) is 44.8 Å². The van der Waals surface area contributed by atoms with E-state index in [1.807, 2.05) is 42.7 Å². The average molecular weight is 613 g/mol. The van der Waals surface area contributed by atoms with Crippen molar-refractivity contribution in [3.05, 3.63) is 170 Å². The molecular weight excluding hydrogens is 581 g/mol. The van der Waals surface area contributed by atoms with Crippen molar-refractivity contribution in [1.82, 2.24) is 9.97 Å². The summed E-state index contributed by atoms with van der Waals surface area (Å²) in [7, 11) is 0. The van der Waals surface area contributed by atoms with Gasteiger partial charge in [-0.15, -0.1) is 0 Å². The highest BCUT2D eigenvalue weighted by Crippen LogP contribution is 2.46. The maximum Gasteiger partial charge on any atom is 0.159 e. The second kappa shape index (κ2) is 11.6. The molecule has 1 heterocycles. The molecule has 9 rings (SSSR count). The zero-order chi connectivity index (χ0) is 32.0. The highest BCUT2D eigenvalue weighted by Gasteiger charge is 2.19. The van der Waals surface area contributed by atoms with Crippen molar-refractivity contribution in [2.75, 3.05) is 0 Å². The Labute approximate surface area is 280 Å². The summed E-state index contributed by atoms with van der Waals surface area (Å²) in [6.07, 6.45) is 4.88. The van der Waals surface area contributed by atoms with Crippen LogP contribution in [0.3, 0.4) is 0 Å². The van der Waals surface area contributed by atoms with Crippen molar-refractivity contribution in [1.29, 1.82) is 0 Å². The van der Waals surface area contributed by atoms with E-state index in [1.54, 1.807) is 0 Å². The normalized spacial score (nSPS) is 11.5. The highest BCUT2D eigenvalue weighted by atomic mass is 14.9. The summed E-state index contributed by atoms with van der Waals surface area (Å²) in [4.78, 5) is 9.54. The van der Waals surface area contributed by atoms with E-state index in [-0.39, 0.29) is 0 Å². The third-order valence-electron chi connectivity index (χ3n) is 9.68. The molecule has 0 aliphatic carbocycles. The molecule has 0 spiro atoms. The highest BCUT2D eigenvalue weighted by molar-refractivity contribution is 6.22. The summed E-state index contributed by atoms with van der Waals surface area (Å²) in [6.45, 7) is 2.24. The molecule has 0 N–H and O–H groups in total. The zero-order valence-electron chi connectivity index (χ0n) is 26.7. The van der Waals surface area contributed by atoms with Crippen molar-refractivity contribution >= 4 is 43.1 Å². The molecule has 0 bridgehead atoms. The van der Waals surface area contributed by atoms with Gasteiger partial charge in [0.2, 0.25) is 0 Å². The van der Waals surface area contributed by atoms with Crippen LogP contribution in [0.25, 0.3) is 87.9 Å². The smallest absolute Gasteiger partial charge is 0.159 e. The number of benzene rings is 8. The fourth-order valence-electron chi connectivity index (χ4n) is 7.20. The quantitative estimate of drug-likeness (QED) is 0.181. The number of hydrogen-bond donors (Lipinski definition) is 0. The van der Waals surface area contributed by atoms with Gasteiger partial charge in [0.1, 0.15) is 0 Å².